The number of nitrogens with zero attached hydrogens (tertiary/aromatic N) is 1. The molecule has 10 heteroatoms. The van der Waals surface area contributed by atoms with E-state index in [1.165, 1.54) is 30.5 Å². The van der Waals surface area contributed by atoms with Crippen LogP contribution in [0.4, 0.5) is 11.4 Å². The molecule has 8 nitrogen and oxygen atoms in total. The van der Waals surface area contributed by atoms with Crippen molar-refractivity contribution < 1.29 is 18.4 Å². The Balaban J connectivity index is 2.29. The Morgan fingerprint density at radius 1 is 1.38 bits per heavy atom. The van der Waals surface area contributed by atoms with Crippen molar-refractivity contribution in [3.8, 4) is 0 Å². The van der Waals surface area contributed by atoms with Crippen molar-refractivity contribution >= 4 is 32.7 Å². The number of sulfonamides is 1. The first-order chi connectivity index (χ1) is 11.2. The van der Waals surface area contributed by atoms with Crippen LogP contribution in [-0.4, -0.2) is 32.0 Å². The van der Waals surface area contributed by atoms with Crippen molar-refractivity contribution in [2.45, 2.75) is 17.4 Å². The molecule has 1 heterocycles. The highest BCUT2D eigenvalue weighted by Crippen LogP contribution is 2.29. The maximum Gasteiger partial charge on any atom is 0.293 e. The zero-order valence-corrected chi connectivity index (χ0v) is 14.6. The summed E-state index contributed by atoms with van der Waals surface area (Å²) >= 11 is 1.43. The lowest BCUT2D eigenvalue weighted by atomic mass is 9.99. The number of nitro benzene ring substituents is 1. The number of hydrogen-bond donors (Lipinski definition) is 3. The molecule has 0 saturated heterocycles. The normalized spacial score (nSPS) is 14.1. The van der Waals surface area contributed by atoms with Gasteiger partial charge in [0.15, 0.2) is 0 Å². The molecule has 24 heavy (non-hydrogen) atoms. The summed E-state index contributed by atoms with van der Waals surface area (Å²) in [5, 5.41) is 28.1. The van der Waals surface area contributed by atoms with Gasteiger partial charge < -0.3 is 10.4 Å². The van der Waals surface area contributed by atoms with Crippen LogP contribution in [0.3, 0.4) is 0 Å². The average Bonchev–Trinajstić information content (AvgIpc) is 3.08. The molecule has 130 valence electrons. The van der Waals surface area contributed by atoms with E-state index in [0.717, 1.165) is 6.07 Å². The van der Waals surface area contributed by atoms with E-state index in [9.17, 15) is 23.6 Å². The third-order valence-corrected chi connectivity index (χ3v) is 5.61. The Labute approximate surface area is 143 Å². The highest BCUT2D eigenvalue weighted by atomic mass is 32.2. The number of anilines is 1. The van der Waals surface area contributed by atoms with Crippen LogP contribution in [0, 0.1) is 10.1 Å². The molecule has 1 unspecified atom stereocenters. The van der Waals surface area contributed by atoms with Crippen molar-refractivity contribution in [3.05, 3.63) is 50.7 Å². The van der Waals surface area contributed by atoms with Crippen LogP contribution >= 0.6 is 11.3 Å². The quantitative estimate of drug-likeness (QED) is 0.505. The first kappa shape index (κ1) is 18.3. The predicted octanol–water partition coefficient (Wildman–Crippen LogP) is 1.88. The van der Waals surface area contributed by atoms with Gasteiger partial charge in [0, 0.05) is 12.6 Å². The van der Waals surface area contributed by atoms with Gasteiger partial charge in [-0.25, -0.2) is 13.1 Å². The van der Waals surface area contributed by atoms with E-state index in [0.29, 0.717) is 5.56 Å². The van der Waals surface area contributed by atoms with Crippen LogP contribution in [-0.2, 0) is 15.6 Å². The molecule has 1 aromatic heterocycles. The third kappa shape index (κ3) is 3.90. The molecule has 0 radical (unpaired) electrons. The predicted molar refractivity (Wildman–Crippen MR) is 91.7 cm³/mol. The van der Waals surface area contributed by atoms with Crippen LogP contribution in [0.15, 0.2) is 39.9 Å². The summed E-state index contributed by atoms with van der Waals surface area (Å²) < 4.78 is 25.6. The number of nitro groups is 1. The molecule has 3 N–H and O–H groups in total. The Hall–Kier alpha value is -2.01. The summed E-state index contributed by atoms with van der Waals surface area (Å²) in [6.45, 7) is 1.62. The Kier molecular flexibility index (Phi) is 5.23. The molecule has 2 rings (SSSR count). The van der Waals surface area contributed by atoms with E-state index >= 15 is 0 Å². The number of aliphatic hydroxyl groups is 1. The van der Waals surface area contributed by atoms with E-state index < -0.39 is 20.5 Å². The van der Waals surface area contributed by atoms with Gasteiger partial charge in [-0.3, -0.25) is 10.1 Å². The molecule has 0 bridgehead atoms. The van der Waals surface area contributed by atoms with E-state index in [1.54, 1.807) is 18.4 Å². The van der Waals surface area contributed by atoms with E-state index in [1.807, 2.05) is 5.38 Å². The maximum atomic E-state index is 11.8. The van der Waals surface area contributed by atoms with Gasteiger partial charge in [0.1, 0.15) is 11.3 Å². The minimum absolute atomic E-state index is 0.0305. The van der Waals surface area contributed by atoms with Gasteiger partial charge in [0.25, 0.3) is 5.69 Å². The number of benzene rings is 1. The molecule has 0 aliphatic carbocycles. The largest absolute Gasteiger partial charge is 0.384 e. The molecule has 1 aromatic carbocycles. The first-order valence-corrected chi connectivity index (χ1v) is 9.31. The molecule has 1 atom stereocenters. The maximum absolute atomic E-state index is 11.8. The zero-order chi connectivity index (χ0) is 18.0. The van der Waals surface area contributed by atoms with Crippen molar-refractivity contribution in [1.29, 1.82) is 0 Å². The molecule has 0 aliphatic rings. The van der Waals surface area contributed by atoms with Crippen LogP contribution in [0.1, 0.15) is 12.5 Å². The van der Waals surface area contributed by atoms with E-state index in [-0.39, 0.29) is 22.8 Å². The molecule has 0 amide bonds. The second kappa shape index (κ2) is 6.85. The summed E-state index contributed by atoms with van der Waals surface area (Å²) in [4.78, 5) is 10.4. The fourth-order valence-electron chi connectivity index (χ4n) is 2.04. The SMILES string of the molecule is CNS(=O)(=O)c1ccc(NCC(C)(O)c2ccsc2)c([N+](=O)[O-])c1. The molecular formula is C14H17N3O5S2. The highest BCUT2D eigenvalue weighted by Gasteiger charge is 2.26. The van der Waals surface area contributed by atoms with Gasteiger partial charge in [-0.05, 0) is 48.5 Å². The van der Waals surface area contributed by atoms with Crippen LogP contribution in [0.25, 0.3) is 0 Å². The van der Waals surface area contributed by atoms with Gasteiger partial charge >= 0.3 is 0 Å². The molecule has 0 aliphatic heterocycles. The third-order valence-electron chi connectivity index (χ3n) is 3.51. The summed E-state index contributed by atoms with van der Waals surface area (Å²) in [6.07, 6.45) is 0. The fourth-order valence-corrected chi connectivity index (χ4v) is 3.57. The van der Waals surface area contributed by atoms with Gasteiger partial charge in [0.2, 0.25) is 10.0 Å². The van der Waals surface area contributed by atoms with Crippen molar-refractivity contribution in [3.63, 3.8) is 0 Å². The van der Waals surface area contributed by atoms with Crippen molar-refractivity contribution in [2.75, 3.05) is 18.9 Å². The Morgan fingerprint density at radius 3 is 2.62 bits per heavy atom. The van der Waals surface area contributed by atoms with Crippen molar-refractivity contribution in [1.82, 2.24) is 4.72 Å². The first-order valence-electron chi connectivity index (χ1n) is 6.88. The smallest absolute Gasteiger partial charge is 0.293 e. The fraction of sp³-hybridized carbons (Fsp3) is 0.286. The van der Waals surface area contributed by atoms with Crippen LogP contribution in [0.2, 0.25) is 0 Å². The van der Waals surface area contributed by atoms with Gasteiger partial charge in [-0.2, -0.15) is 11.3 Å². The lowest BCUT2D eigenvalue weighted by Crippen LogP contribution is -2.30. The van der Waals surface area contributed by atoms with Gasteiger partial charge in [0.05, 0.1) is 9.82 Å². The van der Waals surface area contributed by atoms with Gasteiger partial charge in [-0.1, -0.05) is 0 Å². The second-order valence-electron chi connectivity index (χ2n) is 5.28. The molecule has 0 spiro atoms. The molecule has 2 aromatic rings. The second-order valence-corrected chi connectivity index (χ2v) is 7.95. The number of rotatable bonds is 7. The lowest BCUT2D eigenvalue weighted by Gasteiger charge is -2.23. The summed E-state index contributed by atoms with van der Waals surface area (Å²) in [7, 11) is -2.55. The number of nitrogens with one attached hydrogen (secondary N) is 2. The van der Waals surface area contributed by atoms with Crippen LogP contribution in [0.5, 0.6) is 0 Å². The number of hydrogen-bond acceptors (Lipinski definition) is 7. The molecule has 0 fully saturated rings. The standard InChI is InChI=1S/C14H17N3O5S2/c1-14(18,10-5-6-23-8-10)9-16-12-4-3-11(24(21,22)15-2)7-13(12)17(19)20/h3-8,15-16,18H,9H2,1-2H3. The average molecular weight is 371 g/mol. The molecule has 0 saturated carbocycles. The Morgan fingerprint density at radius 2 is 2.08 bits per heavy atom. The van der Waals surface area contributed by atoms with Crippen molar-refractivity contribution in [2.24, 2.45) is 0 Å². The summed E-state index contributed by atoms with van der Waals surface area (Å²) in [5.41, 5.74) is -0.779. The van der Waals surface area contributed by atoms with Crippen LogP contribution < -0.4 is 10.0 Å². The summed E-state index contributed by atoms with van der Waals surface area (Å²) in [6, 6.07) is 5.32. The van der Waals surface area contributed by atoms with E-state index in [4.69, 9.17) is 0 Å². The zero-order valence-electron chi connectivity index (χ0n) is 13.0. The monoisotopic (exact) mass is 371 g/mol. The highest BCUT2D eigenvalue weighted by molar-refractivity contribution is 7.89. The topological polar surface area (TPSA) is 122 Å². The van der Waals surface area contributed by atoms with Gasteiger partial charge in [-0.15, -0.1) is 0 Å². The minimum Gasteiger partial charge on any atom is -0.384 e. The van der Waals surface area contributed by atoms with E-state index in [2.05, 4.69) is 10.0 Å². The molecular weight excluding hydrogens is 354 g/mol. The number of thiophene rings is 1. The lowest BCUT2D eigenvalue weighted by molar-refractivity contribution is -0.384. The minimum atomic E-state index is -3.78. The Bertz CT molecular complexity index is 832. The summed E-state index contributed by atoms with van der Waals surface area (Å²) in [5.74, 6) is 0.